The molecule has 0 fully saturated rings. The zero-order valence-corrected chi connectivity index (χ0v) is 9.95. The molecule has 0 saturated carbocycles. The maximum atomic E-state index is 11.3. The molecular weight excluding hydrogens is 236 g/mol. The van der Waals surface area contributed by atoms with Crippen LogP contribution in [0.25, 0.3) is 10.6 Å². The summed E-state index contributed by atoms with van der Waals surface area (Å²) in [5.74, 6) is -0.491. The van der Waals surface area contributed by atoms with Crippen molar-refractivity contribution in [3.8, 4) is 10.6 Å². The van der Waals surface area contributed by atoms with E-state index >= 15 is 0 Å². The molecule has 1 aromatic heterocycles. The topological polar surface area (TPSA) is 73.1 Å². The monoisotopic (exact) mass is 246 g/mol. The summed E-state index contributed by atoms with van der Waals surface area (Å²) in [7, 11) is 0. The first-order valence-corrected chi connectivity index (χ1v) is 5.76. The number of nitrogens with zero attached hydrogens (tertiary/aromatic N) is 1. The Labute approximate surface area is 102 Å². The van der Waals surface area contributed by atoms with E-state index in [1.807, 2.05) is 6.07 Å². The lowest BCUT2D eigenvalue weighted by Gasteiger charge is -1.98. The summed E-state index contributed by atoms with van der Waals surface area (Å²) in [5, 5.41) is 0.682. The van der Waals surface area contributed by atoms with Crippen LogP contribution in [0.1, 0.15) is 27.0 Å². The van der Waals surface area contributed by atoms with E-state index in [1.165, 1.54) is 24.5 Å². The summed E-state index contributed by atoms with van der Waals surface area (Å²) in [5.41, 5.74) is 6.60. The molecule has 0 atom stereocenters. The van der Waals surface area contributed by atoms with Crippen molar-refractivity contribution in [3.05, 3.63) is 40.9 Å². The first-order chi connectivity index (χ1) is 8.08. The largest absolute Gasteiger partial charge is 0.365 e. The fourth-order valence-corrected chi connectivity index (χ4v) is 2.16. The van der Waals surface area contributed by atoms with Crippen molar-refractivity contribution >= 4 is 23.0 Å². The van der Waals surface area contributed by atoms with Crippen molar-refractivity contribution < 1.29 is 9.59 Å². The van der Waals surface area contributed by atoms with Gasteiger partial charge in [0.2, 0.25) is 0 Å². The van der Waals surface area contributed by atoms with Crippen LogP contribution in [-0.4, -0.2) is 16.7 Å². The molecule has 86 valence electrons. The molecule has 0 spiro atoms. The second-order valence-electron chi connectivity index (χ2n) is 3.53. The number of hydrogen-bond donors (Lipinski definition) is 1. The molecule has 0 unspecified atom stereocenters. The van der Waals surface area contributed by atoms with Gasteiger partial charge in [0.15, 0.2) is 5.78 Å². The lowest BCUT2D eigenvalue weighted by atomic mass is 10.1. The van der Waals surface area contributed by atoms with Gasteiger partial charge in [-0.3, -0.25) is 9.59 Å². The van der Waals surface area contributed by atoms with Gasteiger partial charge >= 0.3 is 0 Å². The van der Waals surface area contributed by atoms with Gasteiger partial charge in [0.05, 0.1) is 6.20 Å². The number of amides is 1. The standard InChI is InChI=1S/C12H10N2O2S/c1-7(15)8-3-2-4-9(5-8)12-14-6-10(17-12)11(13)16/h2-6H,1H3,(H2,13,16). The highest BCUT2D eigenvalue weighted by Crippen LogP contribution is 2.25. The SMILES string of the molecule is CC(=O)c1cccc(-c2ncc(C(N)=O)s2)c1. The molecule has 1 heterocycles. The Hall–Kier alpha value is -2.01. The van der Waals surface area contributed by atoms with Crippen molar-refractivity contribution in [3.63, 3.8) is 0 Å². The predicted octanol–water partition coefficient (Wildman–Crippen LogP) is 2.11. The fraction of sp³-hybridized carbons (Fsp3) is 0.0833. The zero-order valence-electron chi connectivity index (χ0n) is 9.14. The molecular formula is C12H10N2O2S. The number of carbonyl (C=O) groups is 2. The Morgan fingerprint density at radius 3 is 2.71 bits per heavy atom. The Balaban J connectivity index is 2.42. The van der Waals surface area contributed by atoms with E-state index in [4.69, 9.17) is 5.73 Å². The van der Waals surface area contributed by atoms with Crippen molar-refractivity contribution in [2.45, 2.75) is 6.92 Å². The van der Waals surface area contributed by atoms with Crippen molar-refractivity contribution in [2.75, 3.05) is 0 Å². The number of ketones is 1. The molecule has 0 bridgehead atoms. The van der Waals surface area contributed by atoms with Crippen LogP contribution in [0, 0.1) is 0 Å². The minimum Gasteiger partial charge on any atom is -0.365 e. The molecule has 1 amide bonds. The molecule has 17 heavy (non-hydrogen) atoms. The number of nitrogens with two attached hydrogens (primary N) is 1. The van der Waals surface area contributed by atoms with E-state index in [0.29, 0.717) is 15.4 Å². The van der Waals surface area contributed by atoms with Crippen LogP contribution in [0.5, 0.6) is 0 Å². The van der Waals surface area contributed by atoms with E-state index in [0.717, 1.165) is 5.56 Å². The summed E-state index contributed by atoms with van der Waals surface area (Å²) in [6.07, 6.45) is 1.45. The highest BCUT2D eigenvalue weighted by atomic mass is 32.1. The first kappa shape index (κ1) is 11.5. The summed E-state index contributed by atoms with van der Waals surface area (Å²) in [6.45, 7) is 1.51. The van der Waals surface area contributed by atoms with Crippen LogP contribution in [0.2, 0.25) is 0 Å². The van der Waals surface area contributed by atoms with Crippen LogP contribution in [0.15, 0.2) is 30.5 Å². The number of aromatic nitrogens is 1. The molecule has 0 saturated heterocycles. The van der Waals surface area contributed by atoms with Gasteiger partial charge in [-0.05, 0) is 13.0 Å². The second-order valence-corrected chi connectivity index (χ2v) is 4.56. The van der Waals surface area contributed by atoms with Gasteiger partial charge in [0.25, 0.3) is 5.91 Å². The molecule has 0 aliphatic carbocycles. The molecule has 2 rings (SSSR count). The summed E-state index contributed by atoms with van der Waals surface area (Å²) in [4.78, 5) is 26.7. The quantitative estimate of drug-likeness (QED) is 0.843. The van der Waals surface area contributed by atoms with E-state index in [9.17, 15) is 9.59 Å². The summed E-state index contributed by atoms with van der Waals surface area (Å²) in [6, 6.07) is 7.13. The summed E-state index contributed by atoms with van der Waals surface area (Å²) >= 11 is 1.22. The van der Waals surface area contributed by atoms with Gasteiger partial charge in [-0.25, -0.2) is 4.98 Å². The highest BCUT2D eigenvalue weighted by Gasteiger charge is 2.09. The maximum absolute atomic E-state index is 11.3. The smallest absolute Gasteiger partial charge is 0.260 e. The van der Waals surface area contributed by atoms with Gasteiger partial charge in [0.1, 0.15) is 9.88 Å². The van der Waals surface area contributed by atoms with E-state index in [2.05, 4.69) is 4.98 Å². The minimum absolute atomic E-state index is 0.00136. The zero-order chi connectivity index (χ0) is 12.4. The Bertz CT molecular complexity index is 590. The molecule has 4 nitrogen and oxygen atoms in total. The predicted molar refractivity (Wildman–Crippen MR) is 66.1 cm³/mol. The summed E-state index contributed by atoms with van der Waals surface area (Å²) < 4.78 is 0. The van der Waals surface area contributed by atoms with Crippen LogP contribution in [-0.2, 0) is 0 Å². The molecule has 5 heteroatoms. The van der Waals surface area contributed by atoms with Crippen LogP contribution in [0.4, 0.5) is 0 Å². The van der Waals surface area contributed by atoms with Crippen LogP contribution >= 0.6 is 11.3 Å². The number of thiazole rings is 1. The third-order valence-corrected chi connectivity index (χ3v) is 3.33. The molecule has 1 aromatic carbocycles. The molecule has 2 N–H and O–H groups in total. The lowest BCUT2D eigenvalue weighted by Crippen LogP contribution is -2.08. The minimum atomic E-state index is -0.489. The number of rotatable bonds is 3. The Kier molecular flexibility index (Phi) is 3.01. The first-order valence-electron chi connectivity index (χ1n) is 4.95. The Morgan fingerprint density at radius 2 is 2.12 bits per heavy atom. The number of primary amides is 1. The maximum Gasteiger partial charge on any atom is 0.260 e. The van der Waals surface area contributed by atoms with Gasteiger partial charge in [-0.1, -0.05) is 18.2 Å². The van der Waals surface area contributed by atoms with E-state index in [1.54, 1.807) is 18.2 Å². The average molecular weight is 246 g/mol. The molecule has 0 aliphatic heterocycles. The second kappa shape index (κ2) is 4.47. The normalized spacial score (nSPS) is 10.2. The average Bonchev–Trinajstić information content (AvgIpc) is 2.78. The number of hydrogen-bond acceptors (Lipinski definition) is 4. The third-order valence-electron chi connectivity index (χ3n) is 2.26. The van der Waals surface area contributed by atoms with Crippen molar-refractivity contribution in [2.24, 2.45) is 5.73 Å². The van der Waals surface area contributed by atoms with Gasteiger partial charge in [-0.2, -0.15) is 0 Å². The Morgan fingerprint density at radius 1 is 1.35 bits per heavy atom. The van der Waals surface area contributed by atoms with Gasteiger partial charge in [0, 0.05) is 11.1 Å². The fourth-order valence-electron chi connectivity index (χ4n) is 1.39. The van der Waals surface area contributed by atoms with Crippen molar-refractivity contribution in [1.82, 2.24) is 4.98 Å². The highest BCUT2D eigenvalue weighted by molar-refractivity contribution is 7.16. The molecule has 2 aromatic rings. The third kappa shape index (κ3) is 2.39. The van der Waals surface area contributed by atoms with Crippen LogP contribution in [0.3, 0.4) is 0 Å². The van der Waals surface area contributed by atoms with Gasteiger partial charge < -0.3 is 5.73 Å². The van der Waals surface area contributed by atoms with Crippen molar-refractivity contribution in [1.29, 1.82) is 0 Å². The van der Waals surface area contributed by atoms with Crippen LogP contribution < -0.4 is 5.73 Å². The van der Waals surface area contributed by atoms with E-state index < -0.39 is 5.91 Å². The molecule has 0 radical (unpaired) electrons. The molecule has 0 aliphatic rings. The number of benzene rings is 1. The van der Waals surface area contributed by atoms with E-state index in [-0.39, 0.29) is 5.78 Å². The number of carbonyl (C=O) groups excluding carboxylic acids is 2. The van der Waals surface area contributed by atoms with Gasteiger partial charge in [-0.15, -0.1) is 11.3 Å². The lowest BCUT2D eigenvalue weighted by molar-refractivity contribution is 0.0999. The number of Topliss-reactive ketones (excluding diaryl/α,β-unsaturated/α-hetero) is 1.